The predicted octanol–water partition coefficient (Wildman–Crippen LogP) is 2.32. The highest BCUT2D eigenvalue weighted by Crippen LogP contribution is 2.46. The van der Waals surface area contributed by atoms with E-state index in [-0.39, 0.29) is 17.5 Å². The molecule has 2 atom stereocenters. The molecule has 0 aromatic carbocycles. The fraction of sp³-hybridized carbons (Fsp3) is 0.533. The van der Waals surface area contributed by atoms with Crippen molar-refractivity contribution in [3.05, 3.63) is 21.7 Å². The van der Waals surface area contributed by atoms with Gasteiger partial charge in [-0.15, -0.1) is 11.6 Å². The molecule has 1 saturated heterocycles. The molecule has 2 rings (SSSR count). The molecule has 2 aliphatic heterocycles. The van der Waals surface area contributed by atoms with E-state index in [1.54, 1.807) is 27.7 Å². The lowest BCUT2D eigenvalue weighted by atomic mass is 10.0. The van der Waals surface area contributed by atoms with Gasteiger partial charge in [0.1, 0.15) is 28.6 Å². The third kappa shape index (κ3) is 3.58. The van der Waals surface area contributed by atoms with E-state index in [2.05, 4.69) is 5.32 Å². The number of halogens is 2. The minimum absolute atomic E-state index is 0.155. The molecule has 24 heavy (non-hydrogen) atoms. The van der Waals surface area contributed by atoms with E-state index in [9.17, 15) is 14.4 Å². The number of esters is 1. The smallest absolute Gasteiger partial charge is 0.355 e. The van der Waals surface area contributed by atoms with Crippen LogP contribution < -0.4 is 5.32 Å². The molecule has 2 aliphatic rings. The van der Waals surface area contributed by atoms with Crippen molar-refractivity contribution < 1.29 is 19.1 Å². The van der Waals surface area contributed by atoms with Gasteiger partial charge in [-0.3, -0.25) is 14.5 Å². The molecule has 0 aromatic rings. The van der Waals surface area contributed by atoms with Crippen molar-refractivity contribution in [1.29, 1.82) is 0 Å². The van der Waals surface area contributed by atoms with E-state index >= 15 is 0 Å². The summed E-state index contributed by atoms with van der Waals surface area (Å²) in [6.45, 7) is 6.94. The Kier molecular flexibility index (Phi) is 5.57. The summed E-state index contributed by atoms with van der Waals surface area (Å²) < 4.78 is 5.40. The second-order valence-corrected chi connectivity index (χ2v) is 7.99. The predicted molar refractivity (Wildman–Crippen MR) is 93.4 cm³/mol. The molecule has 6 nitrogen and oxygen atoms in total. The van der Waals surface area contributed by atoms with Crippen LogP contribution in [0.15, 0.2) is 21.7 Å². The molecule has 9 heteroatoms. The Hall–Kier alpha value is -1.18. The van der Waals surface area contributed by atoms with Crippen LogP contribution in [0.25, 0.3) is 0 Å². The number of alkyl halides is 1. The van der Waals surface area contributed by atoms with Crippen molar-refractivity contribution >= 4 is 52.7 Å². The van der Waals surface area contributed by atoms with Gasteiger partial charge in [-0.1, -0.05) is 23.4 Å². The van der Waals surface area contributed by atoms with Crippen LogP contribution >= 0.6 is 35.0 Å². The Morgan fingerprint density at radius 2 is 2.04 bits per heavy atom. The zero-order valence-corrected chi connectivity index (χ0v) is 16.0. The van der Waals surface area contributed by atoms with Gasteiger partial charge in [0.25, 0.3) is 5.91 Å². The van der Waals surface area contributed by atoms with Crippen molar-refractivity contribution in [2.75, 3.05) is 5.88 Å². The number of allylic oxidation sites excluding steroid dienone is 1. The van der Waals surface area contributed by atoms with Gasteiger partial charge >= 0.3 is 5.97 Å². The molecular formula is C15H18Cl2N2O4S. The van der Waals surface area contributed by atoms with Crippen LogP contribution in [-0.2, 0) is 19.1 Å². The second kappa shape index (κ2) is 6.98. The van der Waals surface area contributed by atoms with Gasteiger partial charge in [0.2, 0.25) is 5.91 Å². The first-order chi connectivity index (χ1) is 11.1. The first-order valence-corrected chi connectivity index (χ1v) is 9.05. The molecule has 1 fully saturated rings. The normalized spacial score (nSPS) is 25.3. The summed E-state index contributed by atoms with van der Waals surface area (Å²) in [5.41, 5.74) is 1.37. The van der Waals surface area contributed by atoms with E-state index < -0.39 is 28.9 Å². The maximum Gasteiger partial charge on any atom is 0.355 e. The molecule has 0 bridgehead atoms. The van der Waals surface area contributed by atoms with E-state index in [0.29, 0.717) is 10.5 Å². The molecule has 0 aliphatic carbocycles. The van der Waals surface area contributed by atoms with Crippen LogP contribution in [0.2, 0.25) is 0 Å². The molecule has 0 radical (unpaired) electrons. The van der Waals surface area contributed by atoms with Gasteiger partial charge in [-0.05, 0) is 33.3 Å². The van der Waals surface area contributed by atoms with Crippen LogP contribution in [0, 0.1) is 0 Å². The molecule has 0 aromatic heterocycles. The fourth-order valence-electron chi connectivity index (χ4n) is 2.37. The van der Waals surface area contributed by atoms with Gasteiger partial charge in [-0.2, -0.15) is 0 Å². The average molecular weight is 393 g/mol. The molecule has 0 saturated carbocycles. The van der Waals surface area contributed by atoms with Crippen molar-refractivity contribution in [2.45, 2.75) is 44.7 Å². The number of hydrogen-bond donors (Lipinski definition) is 1. The largest absolute Gasteiger partial charge is 0.455 e. The molecule has 0 spiro atoms. The zero-order valence-electron chi connectivity index (χ0n) is 13.7. The third-order valence-corrected chi connectivity index (χ3v) is 5.38. The number of thioether (sulfide) groups is 1. The number of ether oxygens (including phenoxy) is 1. The second-order valence-electron chi connectivity index (χ2n) is 6.34. The SMILES string of the molecule is CC1=C(C(=O)OC(C)(C)C)N2C(=O)C(NC(=O)CCl)[C@H]2SC1=CCl. The lowest BCUT2D eigenvalue weighted by Crippen LogP contribution is -2.70. The van der Waals surface area contributed by atoms with Gasteiger partial charge < -0.3 is 10.1 Å². The molecular weight excluding hydrogens is 375 g/mol. The van der Waals surface area contributed by atoms with E-state index in [0.717, 1.165) is 0 Å². The van der Waals surface area contributed by atoms with Crippen molar-refractivity contribution in [1.82, 2.24) is 10.2 Å². The number of β-lactam (4-membered cyclic amide) rings is 1. The summed E-state index contributed by atoms with van der Waals surface area (Å²) in [5.74, 6) is -1.67. The summed E-state index contributed by atoms with van der Waals surface area (Å²) in [4.78, 5) is 38.5. The van der Waals surface area contributed by atoms with Crippen molar-refractivity contribution in [3.8, 4) is 0 Å². The van der Waals surface area contributed by atoms with Crippen molar-refractivity contribution in [3.63, 3.8) is 0 Å². The Morgan fingerprint density at radius 1 is 1.42 bits per heavy atom. The Balaban J connectivity index is 2.34. The standard InChI is InChI=1S/C15H18Cl2N2O4S/c1-7-8(5-16)24-13-10(18-9(20)6-17)12(21)19(13)11(7)14(22)23-15(2,3)4/h5,10,13H,6H2,1-4H3,(H,18,20)/t10?,13-/m1/s1. The van der Waals surface area contributed by atoms with Gasteiger partial charge in [0.05, 0.1) is 0 Å². The van der Waals surface area contributed by atoms with Crippen LogP contribution in [-0.4, -0.2) is 45.6 Å². The van der Waals surface area contributed by atoms with Gasteiger partial charge in [-0.25, -0.2) is 4.79 Å². The van der Waals surface area contributed by atoms with Crippen LogP contribution in [0.1, 0.15) is 27.7 Å². The highest BCUT2D eigenvalue weighted by atomic mass is 35.5. The van der Waals surface area contributed by atoms with Gasteiger partial charge in [0, 0.05) is 10.4 Å². The van der Waals surface area contributed by atoms with E-state index in [4.69, 9.17) is 27.9 Å². The topological polar surface area (TPSA) is 75.7 Å². The summed E-state index contributed by atoms with van der Waals surface area (Å²) >= 11 is 12.6. The number of hydrogen-bond acceptors (Lipinski definition) is 5. The number of nitrogens with zero attached hydrogens (tertiary/aromatic N) is 1. The molecule has 132 valence electrons. The minimum atomic E-state index is -0.751. The third-order valence-electron chi connectivity index (χ3n) is 3.39. The average Bonchev–Trinajstić information content (AvgIpc) is 2.49. The van der Waals surface area contributed by atoms with Crippen LogP contribution in [0.3, 0.4) is 0 Å². The van der Waals surface area contributed by atoms with Crippen LogP contribution in [0.5, 0.6) is 0 Å². The summed E-state index contributed by atoms with van der Waals surface area (Å²) in [6.07, 6.45) is 0. The fourth-order valence-corrected chi connectivity index (χ4v) is 3.98. The number of fused-ring (bicyclic) bond motifs is 1. The summed E-state index contributed by atoms with van der Waals surface area (Å²) in [7, 11) is 0. The molecule has 1 unspecified atom stereocenters. The summed E-state index contributed by atoms with van der Waals surface area (Å²) in [6, 6.07) is -0.751. The van der Waals surface area contributed by atoms with Gasteiger partial charge in [0.15, 0.2) is 0 Å². The lowest BCUT2D eigenvalue weighted by molar-refractivity contribution is -0.158. The number of carbonyl (C=O) groups excluding carboxylic acids is 3. The molecule has 2 amide bonds. The number of nitrogens with one attached hydrogen (secondary N) is 1. The van der Waals surface area contributed by atoms with Crippen LogP contribution in [0.4, 0.5) is 0 Å². The highest BCUT2D eigenvalue weighted by molar-refractivity contribution is 8.04. The van der Waals surface area contributed by atoms with Crippen molar-refractivity contribution in [2.24, 2.45) is 0 Å². The van der Waals surface area contributed by atoms with E-state index in [1.165, 1.54) is 22.2 Å². The number of amides is 2. The summed E-state index contributed by atoms with van der Waals surface area (Å²) in [5, 5.41) is 2.10. The minimum Gasteiger partial charge on any atom is -0.455 e. The maximum absolute atomic E-state index is 12.5. The number of carbonyl (C=O) groups is 3. The first-order valence-electron chi connectivity index (χ1n) is 7.20. The number of rotatable bonds is 3. The zero-order chi connectivity index (χ0) is 18.2. The molecule has 2 heterocycles. The maximum atomic E-state index is 12.5. The lowest BCUT2D eigenvalue weighted by Gasteiger charge is -2.50. The Morgan fingerprint density at radius 3 is 2.54 bits per heavy atom. The Bertz CT molecular complexity index is 654. The first kappa shape index (κ1) is 19.1. The quantitative estimate of drug-likeness (QED) is 0.453. The monoisotopic (exact) mass is 392 g/mol. The van der Waals surface area contributed by atoms with E-state index in [1.807, 2.05) is 0 Å². The molecule has 1 N–H and O–H groups in total. The Labute approximate surface area is 154 Å². The highest BCUT2D eigenvalue weighted by Gasteiger charge is 2.55.